The van der Waals surface area contributed by atoms with Crippen LogP contribution in [0.15, 0.2) is 41.6 Å². The molecule has 1 aromatic carbocycles. The minimum absolute atomic E-state index is 0.0265. The third-order valence-corrected chi connectivity index (χ3v) is 3.65. The maximum atomic E-state index is 13.5. The van der Waals surface area contributed by atoms with E-state index in [0.717, 1.165) is 11.8 Å². The van der Waals surface area contributed by atoms with Crippen LogP contribution in [0, 0.1) is 11.6 Å². The van der Waals surface area contributed by atoms with Crippen LogP contribution in [-0.2, 0) is 11.3 Å². The summed E-state index contributed by atoms with van der Waals surface area (Å²) in [6.45, 7) is 1.84. The van der Waals surface area contributed by atoms with Crippen LogP contribution in [-0.4, -0.2) is 30.6 Å². The molecule has 0 atom stereocenters. The third-order valence-electron chi connectivity index (χ3n) is 3.65. The SMILES string of the molecule is O=C(NCc1ccc(F)cc1F)C1=CC=C2CNNCN2C1. The molecule has 0 radical (unpaired) electrons. The fourth-order valence-corrected chi connectivity index (χ4v) is 2.40. The molecule has 0 unspecified atom stereocenters. The molecule has 1 saturated heterocycles. The van der Waals surface area contributed by atoms with Crippen LogP contribution in [0.1, 0.15) is 5.56 Å². The summed E-state index contributed by atoms with van der Waals surface area (Å²) in [5.74, 6) is -1.55. The van der Waals surface area contributed by atoms with Crippen LogP contribution in [0.5, 0.6) is 0 Å². The molecule has 2 aliphatic heterocycles. The number of hydrazine groups is 1. The zero-order valence-corrected chi connectivity index (χ0v) is 11.8. The molecular weight excluding hydrogens is 290 g/mol. The van der Waals surface area contributed by atoms with Gasteiger partial charge in [0.15, 0.2) is 0 Å². The summed E-state index contributed by atoms with van der Waals surface area (Å²) in [4.78, 5) is 14.2. The standard InChI is InChI=1S/C15H16F2N4O/c16-12-3-1-10(14(17)5-12)6-18-15(22)11-2-4-13-7-19-20-9-21(13)8-11/h1-5,19-20H,6-9H2,(H,18,22). The maximum absolute atomic E-state index is 13.5. The number of nitrogens with zero attached hydrogens (tertiary/aromatic N) is 1. The summed E-state index contributed by atoms with van der Waals surface area (Å²) in [5.41, 5.74) is 8.00. The molecule has 0 aromatic heterocycles. The van der Waals surface area contributed by atoms with Crippen molar-refractivity contribution >= 4 is 5.91 Å². The van der Waals surface area contributed by atoms with E-state index in [-0.39, 0.29) is 18.0 Å². The summed E-state index contributed by atoms with van der Waals surface area (Å²) in [6.07, 6.45) is 3.67. The highest BCUT2D eigenvalue weighted by Gasteiger charge is 2.21. The highest BCUT2D eigenvalue weighted by atomic mass is 19.1. The van der Waals surface area contributed by atoms with E-state index in [4.69, 9.17) is 0 Å². The van der Waals surface area contributed by atoms with E-state index in [9.17, 15) is 13.6 Å². The van der Waals surface area contributed by atoms with Gasteiger partial charge in [0.05, 0.1) is 13.2 Å². The molecule has 0 spiro atoms. The lowest BCUT2D eigenvalue weighted by Crippen LogP contribution is -2.51. The first-order valence-electron chi connectivity index (χ1n) is 6.96. The lowest BCUT2D eigenvalue weighted by molar-refractivity contribution is -0.117. The summed E-state index contributed by atoms with van der Waals surface area (Å²) in [6, 6.07) is 3.31. The number of allylic oxidation sites excluding steroid dienone is 2. The highest BCUT2D eigenvalue weighted by molar-refractivity contribution is 5.94. The van der Waals surface area contributed by atoms with Gasteiger partial charge < -0.3 is 10.2 Å². The largest absolute Gasteiger partial charge is 0.355 e. The lowest BCUT2D eigenvalue weighted by Gasteiger charge is -2.35. The molecule has 22 heavy (non-hydrogen) atoms. The Bertz CT molecular complexity index is 657. The van der Waals surface area contributed by atoms with Crippen LogP contribution in [0.2, 0.25) is 0 Å². The predicted molar refractivity (Wildman–Crippen MR) is 77.1 cm³/mol. The molecule has 2 heterocycles. The molecular formula is C15H16F2N4O. The van der Waals surface area contributed by atoms with Crippen LogP contribution in [0.3, 0.4) is 0 Å². The van der Waals surface area contributed by atoms with Crippen molar-refractivity contribution in [3.05, 3.63) is 58.8 Å². The Balaban J connectivity index is 1.62. The maximum Gasteiger partial charge on any atom is 0.249 e. The average Bonchev–Trinajstić information content (AvgIpc) is 2.53. The van der Waals surface area contributed by atoms with Crippen molar-refractivity contribution in [1.29, 1.82) is 0 Å². The average molecular weight is 306 g/mol. The number of hydrogen-bond acceptors (Lipinski definition) is 4. The third kappa shape index (κ3) is 3.15. The number of benzene rings is 1. The van der Waals surface area contributed by atoms with E-state index < -0.39 is 11.6 Å². The summed E-state index contributed by atoms with van der Waals surface area (Å²) < 4.78 is 26.4. The molecule has 0 saturated carbocycles. The number of amides is 1. The molecule has 3 N–H and O–H groups in total. The minimum Gasteiger partial charge on any atom is -0.355 e. The molecule has 1 fully saturated rings. The molecule has 0 aliphatic carbocycles. The number of carbonyl (C=O) groups excluding carboxylic acids is 1. The summed E-state index contributed by atoms with van der Waals surface area (Å²) in [7, 11) is 0. The second kappa shape index (κ2) is 6.25. The molecule has 5 nitrogen and oxygen atoms in total. The zero-order valence-electron chi connectivity index (χ0n) is 11.8. The van der Waals surface area contributed by atoms with Crippen molar-refractivity contribution in [2.75, 3.05) is 19.8 Å². The monoisotopic (exact) mass is 306 g/mol. The second-order valence-electron chi connectivity index (χ2n) is 5.15. The van der Waals surface area contributed by atoms with Gasteiger partial charge in [-0.15, -0.1) is 0 Å². The van der Waals surface area contributed by atoms with Crippen LogP contribution < -0.4 is 16.2 Å². The fourth-order valence-electron chi connectivity index (χ4n) is 2.40. The Kier molecular flexibility index (Phi) is 4.17. The van der Waals surface area contributed by atoms with Gasteiger partial charge in [-0.1, -0.05) is 6.07 Å². The van der Waals surface area contributed by atoms with Gasteiger partial charge in [0, 0.05) is 36.0 Å². The summed E-state index contributed by atoms with van der Waals surface area (Å²) in [5, 5.41) is 2.66. The van der Waals surface area contributed by atoms with Crippen molar-refractivity contribution in [2.24, 2.45) is 0 Å². The van der Waals surface area contributed by atoms with Crippen molar-refractivity contribution in [3.63, 3.8) is 0 Å². The number of rotatable bonds is 3. The van der Waals surface area contributed by atoms with Gasteiger partial charge in [0.2, 0.25) is 5.91 Å². The Labute approximate surface area is 126 Å². The topological polar surface area (TPSA) is 56.4 Å². The smallest absolute Gasteiger partial charge is 0.249 e. The highest BCUT2D eigenvalue weighted by Crippen LogP contribution is 2.15. The normalized spacial score (nSPS) is 17.5. The number of halogens is 2. The number of nitrogens with one attached hydrogen (secondary N) is 3. The van der Waals surface area contributed by atoms with Crippen molar-refractivity contribution < 1.29 is 13.6 Å². The summed E-state index contributed by atoms with van der Waals surface area (Å²) >= 11 is 0. The van der Waals surface area contributed by atoms with Gasteiger partial charge in [0.1, 0.15) is 11.6 Å². The lowest BCUT2D eigenvalue weighted by atomic mass is 10.1. The van der Waals surface area contributed by atoms with Crippen LogP contribution >= 0.6 is 0 Å². The van der Waals surface area contributed by atoms with E-state index in [0.29, 0.717) is 25.3 Å². The Hall–Kier alpha value is -2.25. The molecule has 116 valence electrons. The second-order valence-corrected chi connectivity index (χ2v) is 5.15. The van der Waals surface area contributed by atoms with Gasteiger partial charge in [0.25, 0.3) is 0 Å². The van der Waals surface area contributed by atoms with Crippen molar-refractivity contribution in [2.45, 2.75) is 6.54 Å². The van der Waals surface area contributed by atoms with Gasteiger partial charge >= 0.3 is 0 Å². The molecule has 0 bridgehead atoms. The van der Waals surface area contributed by atoms with E-state index >= 15 is 0 Å². The van der Waals surface area contributed by atoms with Crippen LogP contribution in [0.25, 0.3) is 0 Å². The molecule has 3 rings (SSSR count). The Morgan fingerprint density at radius 2 is 2.14 bits per heavy atom. The van der Waals surface area contributed by atoms with Gasteiger partial charge in [-0.2, -0.15) is 0 Å². The molecule has 7 heteroatoms. The van der Waals surface area contributed by atoms with Crippen molar-refractivity contribution in [1.82, 2.24) is 21.1 Å². The first kappa shape index (κ1) is 14.7. The number of fused-ring (bicyclic) bond motifs is 1. The number of carbonyl (C=O) groups is 1. The van der Waals surface area contributed by atoms with Gasteiger partial charge in [-0.05, 0) is 18.2 Å². The number of hydrogen-bond donors (Lipinski definition) is 3. The quantitative estimate of drug-likeness (QED) is 0.772. The zero-order chi connectivity index (χ0) is 15.5. The Morgan fingerprint density at radius 3 is 2.95 bits per heavy atom. The van der Waals surface area contributed by atoms with Gasteiger partial charge in [-0.25, -0.2) is 14.2 Å². The molecule has 2 aliphatic rings. The van der Waals surface area contributed by atoms with E-state index in [1.165, 1.54) is 12.1 Å². The van der Waals surface area contributed by atoms with E-state index in [1.54, 1.807) is 6.08 Å². The van der Waals surface area contributed by atoms with E-state index in [2.05, 4.69) is 16.2 Å². The molecule has 1 aromatic rings. The van der Waals surface area contributed by atoms with Crippen molar-refractivity contribution in [3.8, 4) is 0 Å². The minimum atomic E-state index is -0.661. The molecule has 1 amide bonds. The van der Waals surface area contributed by atoms with E-state index in [1.807, 2.05) is 11.0 Å². The fraction of sp³-hybridized carbons (Fsp3) is 0.267. The Morgan fingerprint density at radius 1 is 1.27 bits per heavy atom. The first-order valence-corrected chi connectivity index (χ1v) is 6.96. The predicted octanol–water partition coefficient (Wildman–Crippen LogP) is 0.772. The van der Waals surface area contributed by atoms with Gasteiger partial charge in [-0.3, -0.25) is 10.2 Å². The van der Waals surface area contributed by atoms with Crippen LogP contribution in [0.4, 0.5) is 8.78 Å². The first-order chi connectivity index (χ1) is 10.6.